The summed E-state index contributed by atoms with van der Waals surface area (Å²) in [7, 11) is -1.21. The molecule has 0 bridgehead atoms. The highest BCUT2D eigenvalue weighted by molar-refractivity contribution is 6.79. The molecule has 0 saturated heterocycles. The first-order valence-electron chi connectivity index (χ1n) is 13.2. The molecule has 0 aromatic heterocycles. The minimum atomic E-state index is -1.21. The van der Waals surface area contributed by atoms with Crippen LogP contribution < -0.4 is 0 Å². The van der Waals surface area contributed by atoms with Gasteiger partial charge in [-0.05, 0) is 83.3 Å². The van der Waals surface area contributed by atoms with E-state index >= 15 is 0 Å². The van der Waals surface area contributed by atoms with Gasteiger partial charge in [0, 0.05) is 0 Å². The maximum atomic E-state index is 4.08. The van der Waals surface area contributed by atoms with Crippen molar-refractivity contribution in [3.63, 3.8) is 0 Å². The van der Waals surface area contributed by atoms with Gasteiger partial charge in [0.15, 0.2) is 0 Å². The van der Waals surface area contributed by atoms with Gasteiger partial charge in [-0.1, -0.05) is 102 Å². The Kier molecular flexibility index (Phi) is 6.24. The second kappa shape index (κ2) is 8.29. The summed E-state index contributed by atoms with van der Waals surface area (Å²) in [5, 5.41) is 0. The molecule has 7 unspecified atom stereocenters. The molecule has 0 spiro atoms. The first kappa shape index (κ1) is 24.1. The van der Waals surface area contributed by atoms with Crippen LogP contribution in [-0.4, -0.2) is 8.07 Å². The van der Waals surface area contributed by atoms with Crippen LogP contribution in [0.4, 0.5) is 0 Å². The molecule has 0 aliphatic heterocycles. The van der Waals surface area contributed by atoms with Crippen LogP contribution in [0.3, 0.4) is 0 Å². The Bertz CT molecular complexity index is 855. The Morgan fingerprint density at radius 1 is 0.938 bits per heavy atom. The van der Waals surface area contributed by atoms with Crippen molar-refractivity contribution in [3.05, 3.63) is 60.3 Å². The highest BCUT2D eigenvalue weighted by Crippen LogP contribution is 2.63. The molecule has 2 fully saturated rings. The minimum Gasteiger partial charge on any atom is -0.103 e. The predicted molar refractivity (Wildman–Crippen MR) is 144 cm³/mol. The van der Waals surface area contributed by atoms with Gasteiger partial charge < -0.3 is 0 Å². The average molecular weight is 449 g/mol. The third-order valence-corrected chi connectivity index (χ3v) is 14.1. The SMILES string of the molecule is C=CC[Si](C)(C)C1CCC(C(C)(C)C2C3C=C(C)C=CC3C3C=CC(C(C)(C)C)=CC32)C1. The van der Waals surface area contributed by atoms with Gasteiger partial charge in [-0.15, -0.1) is 6.58 Å². The third-order valence-electron chi connectivity index (χ3n) is 10.1. The zero-order chi connectivity index (χ0) is 23.5. The number of rotatable bonds is 5. The van der Waals surface area contributed by atoms with Gasteiger partial charge in [0.1, 0.15) is 0 Å². The van der Waals surface area contributed by atoms with Gasteiger partial charge in [0.2, 0.25) is 0 Å². The van der Waals surface area contributed by atoms with Gasteiger partial charge in [-0.2, -0.15) is 0 Å². The zero-order valence-corrected chi connectivity index (χ0v) is 23.1. The molecule has 0 radical (unpaired) electrons. The fraction of sp³-hybridized carbons (Fsp3) is 0.677. The smallest absolute Gasteiger partial charge is 0.0542 e. The molecule has 0 aromatic rings. The summed E-state index contributed by atoms with van der Waals surface area (Å²) in [6.45, 7) is 24.0. The van der Waals surface area contributed by atoms with Crippen LogP contribution in [0.5, 0.6) is 0 Å². The lowest BCUT2D eigenvalue weighted by molar-refractivity contribution is 0.0743. The summed E-state index contributed by atoms with van der Waals surface area (Å²) >= 11 is 0. The first-order valence-corrected chi connectivity index (χ1v) is 16.5. The molecule has 7 atom stereocenters. The Balaban J connectivity index is 1.68. The number of hydrogen-bond acceptors (Lipinski definition) is 0. The number of allylic oxidation sites excluding steroid dienone is 9. The maximum Gasteiger partial charge on any atom is 0.0542 e. The van der Waals surface area contributed by atoms with Gasteiger partial charge in [-0.3, -0.25) is 0 Å². The topological polar surface area (TPSA) is 0 Å². The Morgan fingerprint density at radius 3 is 2.19 bits per heavy atom. The summed E-state index contributed by atoms with van der Waals surface area (Å²) in [6.07, 6.45) is 21.9. The van der Waals surface area contributed by atoms with Crippen molar-refractivity contribution in [2.24, 2.45) is 46.3 Å². The normalized spacial score (nSPS) is 37.1. The second-order valence-corrected chi connectivity index (χ2v) is 19.0. The highest BCUT2D eigenvalue weighted by Gasteiger charge is 2.56. The van der Waals surface area contributed by atoms with Crippen LogP contribution in [0.1, 0.15) is 60.8 Å². The molecule has 2 saturated carbocycles. The van der Waals surface area contributed by atoms with Gasteiger partial charge >= 0.3 is 0 Å². The molecular formula is C31H48Si. The van der Waals surface area contributed by atoms with E-state index in [0.717, 1.165) is 17.4 Å². The van der Waals surface area contributed by atoms with Gasteiger partial charge in [-0.25, -0.2) is 0 Å². The second-order valence-electron chi connectivity index (χ2n) is 13.8. The van der Waals surface area contributed by atoms with E-state index in [-0.39, 0.29) is 5.41 Å². The predicted octanol–water partition coefficient (Wildman–Crippen LogP) is 9.23. The van der Waals surface area contributed by atoms with Crippen molar-refractivity contribution >= 4 is 8.07 Å². The highest BCUT2D eigenvalue weighted by atomic mass is 28.3. The molecular weight excluding hydrogens is 400 g/mol. The molecule has 4 aliphatic rings. The Labute approximate surface area is 200 Å². The summed E-state index contributed by atoms with van der Waals surface area (Å²) in [4.78, 5) is 0. The Hall–Kier alpha value is -1.08. The summed E-state index contributed by atoms with van der Waals surface area (Å²) in [5.74, 6) is 4.27. The van der Waals surface area contributed by atoms with Crippen LogP contribution in [0.2, 0.25) is 24.7 Å². The molecule has 176 valence electrons. The summed E-state index contributed by atoms with van der Waals surface area (Å²) in [6, 6.07) is 1.28. The van der Waals surface area contributed by atoms with Gasteiger partial charge in [0.05, 0.1) is 8.07 Å². The molecule has 4 aliphatic carbocycles. The maximum absolute atomic E-state index is 4.08. The summed E-state index contributed by atoms with van der Waals surface area (Å²) in [5.41, 5.74) is 4.57. The molecule has 0 heterocycles. The van der Waals surface area contributed by atoms with Crippen LogP contribution in [0, 0.1) is 46.3 Å². The standard InChI is InChI=1S/C31H48Si/c1-10-17-32(8,9)24-14-12-23(19-24)31(6,7)29-27-18-21(2)11-15-25(27)26-16-13-22(20-28(26)29)30(3,4)5/h10-11,13,15-16,18,20,23-29H,1,12,14,17,19H2,2-9H3. The van der Waals surface area contributed by atoms with Crippen LogP contribution in [-0.2, 0) is 0 Å². The van der Waals surface area contributed by atoms with E-state index in [2.05, 4.69) is 104 Å². The lowest BCUT2D eigenvalue weighted by Crippen LogP contribution is -2.39. The van der Waals surface area contributed by atoms with Crippen molar-refractivity contribution in [1.82, 2.24) is 0 Å². The lowest BCUT2D eigenvalue weighted by atomic mass is 9.60. The van der Waals surface area contributed by atoms with E-state index in [4.69, 9.17) is 0 Å². The largest absolute Gasteiger partial charge is 0.103 e. The van der Waals surface area contributed by atoms with E-state index in [1.54, 1.807) is 5.57 Å². The van der Waals surface area contributed by atoms with Crippen molar-refractivity contribution in [3.8, 4) is 0 Å². The molecule has 0 nitrogen and oxygen atoms in total. The molecule has 0 aromatic carbocycles. The van der Waals surface area contributed by atoms with Crippen LogP contribution in [0.15, 0.2) is 60.3 Å². The van der Waals surface area contributed by atoms with Gasteiger partial charge in [0.25, 0.3) is 0 Å². The minimum absolute atomic E-state index is 0.226. The molecule has 32 heavy (non-hydrogen) atoms. The monoisotopic (exact) mass is 448 g/mol. The van der Waals surface area contributed by atoms with Crippen molar-refractivity contribution in [1.29, 1.82) is 0 Å². The summed E-state index contributed by atoms with van der Waals surface area (Å²) < 4.78 is 0. The quantitative estimate of drug-likeness (QED) is 0.290. The van der Waals surface area contributed by atoms with E-state index in [1.165, 1.54) is 30.9 Å². The Morgan fingerprint density at radius 2 is 1.56 bits per heavy atom. The van der Waals surface area contributed by atoms with Crippen molar-refractivity contribution in [2.75, 3.05) is 0 Å². The van der Waals surface area contributed by atoms with Crippen molar-refractivity contribution < 1.29 is 0 Å². The number of hydrogen-bond donors (Lipinski definition) is 0. The van der Waals surface area contributed by atoms with E-state index in [1.807, 2.05) is 0 Å². The fourth-order valence-electron chi connectivity index (χ4n) is 7.96. The van der Waals surface area contributed by atoms with Crippen molar-refractivity contribution in [2.45, 2.75) is 85.5 Å². The van der Waals surface area contributed by atoms with Crippen LogP contribution in [0.25, 0.3) is 0 Å². The third kappa shape index (κ3) is 4.12. The van der Waals surface area contributed by atoms with Crippen LogP contribution >= 0.6 is 0 Å². The van der Waals surface area contributed by atoms with E-state index in [0.29, 0.717) is 29.1 Å². The molecule has 1 heteroatoms. The average Bonchev–Trinajstić information content (AvgIpc) is 3.30. The molecule has 0 amide bonds. The number of fused-ring (bicyclic) bond motifs is 3. The lowest BCUT2D eigenvalue weighted by Gasteiger charge is -2.44. The van der Waals surface area contributed by atoms with E-state index < -0.39 is 8.07 Å². The van der Waals surface area contributed by atoms with E-state index in [9.17, 15) is 0 Å². The molecule has 0 N–H and O–H groups in total. The first-order chi connectivity index (χ1) is 14.9. The zero-order valence-electron chi connectivity index (χ0n) is 22.1. The fourth-order valence-corrected chi connectivity index (χ4v) is 10.9. The molecule has 4 rings (SSSR count).